The number of nitrogens with one attached hydrogen (secondary N) is 3. The zero-order valence-electron chi connectivity index (χ0n) is 23.5. The van der Waals surface area contributed by atoms with Crippen LogP contribution in [-0.2, 0) is 9.59 Å². The van der Waals surface area contributed by atoms with E-state index in [9.17, 15) is 23.2 Å². The molecular weight excluding hydrogens is 564 g/mol. The second kappa shape index (κ2) is 13.7. The summed E-state index contributed by atoms with van der Waals surface area (Å²) in [5, 5.41) is 17.4. The Labute approximate surface area is 245 Å². The summed E-state index contributed by atoms with van der Waals surface area (Å²) in [7, 11) is 1.26. The topological polar surface area (TPSA) is 173 Å². The van der Waals surface area contributed by atoms with Crippen molar-refractivity contribution in [1.29, 1.82) is 0 Å². The number of carbonyl (C=O) groups excluding carboxylic acids is 2. The van der Waals surface area contributed by atoms with Crippen LogP contribution in [0.4, 0.5) is 20.3 Å². The highest BCUT2D eigenvalue weighted by atomic mass is 19.2. The van der Waals surface area contributed by atoms with Crippen molar-refractivity contribution in [1.82, 2.24) is 25.0 Å². The standard InChI is InChI=1S/C29H31F2N7O5/c1-16-14-17(4-5-18(16)28(40)35-11-3-10-33-23(39)9-7-20(32)29(41)42)37-26-27-36-15-21(38(27)13-12-34-26)19-6-8-22(43-2)25(31)24(19)30/h4-6,8,12-15,20H,3,7,9-11,32H2,1-2H3,(H,33,39)(H,34,37)(H,35,40)(H,41,42)/t20-/m0/s1. The van der Waals surface area contributed by atoms with Crippen LogP contribution in [0.3, 0.4) is 0 Å². The number of hydrogen-bond acceptors (Lipinski definition) is 8. The quantitative estimate of drug-likeness (QED) is 0.146. The Bertz CT molecular complexity index is 1660. The molecule has 0 spiro atoms. The first-order chi connectivity index (χ1) is 20.6. The molecule has 4 aromatic rings. The number of nitrogens with two attached hydrogens (primary N) is 1. The first-order valence-electron chi connectivity index (χ1n) is 13.4. The second-order valence-corrected chi connectivity index (χ2v) is 9.65. The molecule has 226 valence electrons. The number of imidazole rings is 1. The van der Waals surface area contributed by atoms with Crippen LogP contribution in [0.15, 0.2) is 48.9 Å². The molecule has 0 saturated heterocycles. The smallest absolute Gasteiger partial charge is 0.320 e. The lowest BCUT2D eigenvalue weighted by Crippen LogP contribution is -2.33. The van der Waals surface area contributed by atoms with Gasteiger partial charge in [-0.2, -0.15) is 4.39 Å². The van der Waals surface area contributed by atoms with Gasteiger partial charge in [-0.25, -0.2) is 14.4 Å². The molecule has 0 radical (unpaired) electrons. The van der Waals surface area contributed by atoms with Gasteiger partial charge in [-0.15, -0.1) is 0 Å². The van der Waals surface area contributed by atoms with E-state index in [4.69, 9.17) is 15.6 Å². The highest BCUT2D eigenvalue weighted by molar-refractivity contribution is 5.96. The number of nitrogens with zero attached hydrogens (tertiary/aromatic N) is 3. The number of anilines is 2. The van der Waals surface area contributed by atoms with Crippen molar-refractivity contribution >= 4 is 34.9 Å². The number of ether oxygens (including phenoxy) is 1. The average molecular weight is 596 g/mol. The molecule has 2 heterocycles. The largest absolute Gasteiger partial charge is 0.494 e. The molecule has 0 aliphatic carbocycles. The fourth-order valence-corrected chi connectivity index (χ4v) is 4.34. The van der Waals surface area contributed by atoms with E-state index < -0.39 is 23.6 Å². The Morgan fingerprint density at radius 3 is 2.58 bits per heavy atom. The molecule has 4 rings (SSSR count). The molecule has 1 atom stereocenters. The van der Waals surface area contributed by atoms with Crippen LogP contribution in [0.1, 0.15) is 35.2 Å². The van der Waals surface area contributed by atoms with Gasteiger partial charge >= 0.3 is 5.97 Å². The number of amides is 2. The highest BCUT2D eigenvalue weighted by Gasteiger charge is 2.19. The third kappa shape index (κ3) is 7.22. The maximum atomic E-state index is 14.8. The van der Waals surface area contributed by atoms with Gasteiger partial charge in [-0.3, -0.25) is 18.8 Å². The van der Waals surface area contributed by atoms with Crippen molar-refractivity contribution in [3.63, 3.8) is 0 Å². The van der Waals surface area contributed by atoms with Crippen molar-refractivity contribution in [3.05, 3.63) is 71.7 Å². The monoisotopic (exact) mass is 595 g/mol. The van der Waals surface area contributed by atoms with Gasteiger partial charge in [0.15, 0.2) is 23.0 Å². The van der Waals surface area contributed by atoms with E-state index in [2.05, 4.69) is 25.9 Å². The number of carboxylic acid groups (broad SMARTS) is 1. The summed E-state index contributed by atoms with van der Waals surface area (Å²) in [4.78, 5) is 43.9. The molecule has 43 heavy (non-hydrogen) atoms. The van der Waals surface area contributed by atoms with Gasteiger partial charge in [0.25, 0.3) is 5.91 Å². The third-order valence-corrected chi connectivity index (χ3v) is 6.67. The fourth-order valence-electron chi connectivity index (χ4n) is 4.34. The van der Waals surface area contributed by atoms with E-state index in [1.54, 1.807) is 35.7 Å². The van der Waals surface area contributed by atoms with Gasteiger partial charge in [0.1, 0.15) is 6.04 Å². The average Bonchev–Trinajstić information content (AvgIpc) is 3.42. The van der Waals surface area contributed by atoms with Crippen molar-refractivity contribution in [2.45, 2.75) is 32.2 Å². The molecular formula is C29H31F2N7O5. The van der Waals surface area contributed by atoms with Gasteiger partial charge in [0.2, 0.25) is 11.7 Å². The van der Waals surface area contributed by atoms with Crippen LogP contribution in [-0.4, -0.2) is 63.5 Å². The van der Waals surface area contributed by atoms with E-state index >= 15 is 0 Å². The van der Waals surface area contributed by atoms with Crippen LogP contribution in [0.5, 0.6) is 5.75 Å². The van der Waals surface area contributed by atoms with Gasteiger partial charge in [-0.05, 0) is 55.7 Å². The Morgan fingerprint density at radius 2 is 1.86 bits per heavy atom. The molecule has 12 nitrogen and oxygen atoms in total. The van der Waals surface area contributed by atoms with Gasteiger partial charge in [0.05, 0.1) is 19.0 Å². The molecule has 2 aromatic carbocycles. The zero-order valence-corrected chi connectivity index (χ0v) is 23.5. The summed E-state index contributed by atoms with van der Waals surface area (Å²) in [5.74, 6) is -3.73. The molecule has 0 fully saturated rings. The number of benzene rings is 2. The summed E-state index contributed by atoms with van der Waals surface area (Å²) < 4.78 is 35.5. The van der Waals surface area contributed by atoms with Crippen molar-refractivity contribution in [2.24, 2.45) is 5.73 Å². The van der Waals surface area contributed by atoms with Crippen LogP contribution in [0.2, 0.25) is 0 Å². The Balaban J connectivity index is 1.35. The van der Waals surface area contributed by atoms with E-state index in [0.29, 0.717) is 53.5 Å². The minimum absolute atomic E-state index is 0.00632. The highest BCUT2D eigenvalue weighted by Crippen LogP contribution is 2.31. The number of aromatic nitrogens is 3. The number of aryl methyl sites for hydroxylation is 1. The van der Waals surface area contributed by atoms with Crippen LogP contribution < -0.4 is 26.4 Å². The lowest BCUT2D eigenvalue weighted by Gasteiger charge is -2.12. The number of halogens is 2. The number of fused-ring (bicyclic) bond motifs is 1. The predicted molar refractivity (Wildman–Crippen MR) is 154 cm³/mol. The summed E-state index contributed by atoms with van der Waals surface area (Å²) in [6, 6.07) is 6.81. The first-order valence-corrected chi connectivity index (χ1v) is 13.4. The number of hydrogen-bond donors (Lipinski definition) is 5. The minimum Gasteiger partial charge on any atom is -0.494 e. The van der Waals surface area contributed by atoms with Gasteiger partial charge in [0, 0.05) is 48.7 Å². The molecule has 0 saturated carbocycles. The van der Waals surface area contributed by atoms with Crippen LogP contribution >= 0.6 is 0 Å². The maximum absolute atomic E-state index is 14.8. The van der Waals surface area contributed by atoms with Crippen molar-refractivity contribution in [3.8, 4) is 17.0 Å². The van der Waals surface area contributed by atoms with Gasteiger partial charge in [-0.1, -0.05) is 0 Å². The number of rotatable bonds is 13. The van der Waals surface area contributed by atoms with E-state index in [1.165, 1.54) is 31.6 Å². The summed E-state index contributed by atoms with van der Waals surface area (Å²) >= 11 is 0. The SMILES string of the molecule is COc1ccc(-c2cnc3c(Nc4ccc(C(=O)NCCCNC(=O)CC[C@H](N)C(=O)O)c(C)c4)nccn23)c(F)c1F. The molecule has 0 aliphatic heterocycles. The lowest BCUT2D eigenvalue weighted by molar-refractivity contribution is -0.138. The number of aliphatic carboxylic acids is 1. The Hall–Kier alpha value is -5.11. The Morgan fingerprint density at radius 1 is 1.09 bits per heavy atom. The number of methoxy groups -OCH3 is 1. The van der Waals surface area contributed by atoms with Crippen LogP contribution in [0.25, 0.3) is 16.9 Å². The fraction of sp³-hybridized carbons (Fsp3) is 0.276. The molecule has 6 N–H and O–H groups in total. The van der Waals surface area contributed by atoms with E-state index in [1.807, 2.05) is 0 Å². The number of carbonyl (C=O) groups is 3. The molecule has 0 bridgehead atoms. The van der Waals surface area contributed by atoms with Crippen molar-refractivity contribution in [2.75, 3.05) is 25.5 Å². The van der Waals surface area contributed by atoms with Gasteiger partial charge < -0.3 is 31.5 Å². The zero-order chi connectivity index (χ0) is 31.1. The molecule has 0 aliphatic rings. The second-order valence-electron chi connectivity index (χ2n) is 9.65. The van der Waals surface area contributed by atoms with E-state index in [0.717, 1.165) is 0 Å². The normalized spacial score (nSPS) is 11.7. The Kier molecular flexibility index (Phi) is 9.83. The molecule has 14 heteroatoms. The third-order valence-electron chi connectivity index (χ3n) is 6.67. The minimum atomic E-state index is -1.15. The molecule has 2 aromatic heterocycles. The molecule has 2 amide bonds. The van der Waals surface area contributed by atoms with Crippen molar-refractivity contribution < 1.29 is 33.0 Å². The van der Waals surface area contributed by atoms with Crippen LogP contribution in [0, 0.1) is 18.6 Å². The summed E-state index contributed by atoms with van der Waals surface area (Å²) in [6.07, 6.45) is 5.04. The first kappa shape index (κ1) is 30.8. The predicted octanol–water partition coefficient (Wildman–Crippen LogP) is 3.16. The number of carboxylic acids is 1. The molecule has 0 unspecified atom stereocenters. The maximum Gasteiger partial charge on any atom is 0.320 e. The van der Waals surface area contributed by atoms with E-state index in [-0.39, 0.29) is 36.0 Å². The lowest BCUT2D eigenvalue weighted by atomic mass is 10.1. The summed E-state index contributed by atoms with van der Waals surface area (Å²) in [6.45, 7) is 2.42. The summed E-state index contributed by atoms with van der Waals surface area (Å²) in [5.41, 5.74) is 7.88.